The summed E-state index contributed by atoms with van der Waals surface area (Å²) >= 11 is 0. The largest absolute Gasteiger partial charge is 0.529 e. The maximum absolute atomic E-state index is 11.7. The average Bonchev–Trinajstić information content (AvgIpc) is 3.16. The van der Waals surface area contributed by atoms with Crippen molar-refractivity contribution in [3.05, 3.63) is 12.7 Å². The molecule has 2 aromatic heterocycles. The van der Waals surface area contributed by atoms with Crippen LogP contribution in [0.5, 0.6) is 0 Å². The number of fused-ring (bicyclic) bond motifs is 1. The molecule has 148 valence electrons. The van der Waals surface area contributed by atoms with E-state index in [0.29, 0.717) is 0 Å². The van der Waals surface area contributed by atoms with Gasteiger partial charge in [-0.25, -0.2) is 19.5 Å². The lowest BCUT2D eigenvalue weighted by atomic mass is 10.1. The summed E-state index contributed by atoms with van der Waals surface area (Å²) in [5.41, 5.74) is 6.26. The van der Waals surface area contributed by atoms with Gasteiger partial charge in [-0.3, -0.25) is 18.8 Å². The van der Waals surface area contributed by atoms with Gasteiger partial charge in [0.1, 0.15) is 30.2 Å². The number of aromatic nitrogens is 4. The highest BCUT2D eigenvalue weighted by Gasteiger charge is 2.45. The molecule has 0 radical (unpaired) electrons. The van der Waals surface area contributed by atoms with Crippen molar-refractivity contribution in [3.8, 4) is 0 Å². The first-order valence-corrected chi connectivity index (χ1v) is 9.37. The van der Waals surface area contributed by atoms with E-state index in [4.69, 9.17) is 10.5 Å². The molecule has 0 bridgehead atoms. The number of carbonyl (C=O) groups is 1. The molecule has 5 N–H and O–H groups in total. The number of phosphoric acid groups is 1. The summed E-state index contributed by atoms with van der Waals surface area (Å²) in [6.07, 6.45) is -2.75. The number of phosphoric ester groups is 1. The summed E-state index contributed by atoms with van der Waals surface area (Å²) in [5.74, 6) is -0.792. The molecular formula is C13H18N5O8P. The lowest BCUT2D eigenvalue weighted by Crippen LogP contribution is -2.33. The van der Waals surface area contributed by atoms with E-state index in [1.165, 1.54) is 24.1 Å². The first-order chi connectivity index (χ1) is 12.7. The van der Waals surface area contributed by atoms with Crippen LogP contribution in [-0.2, 0) is 23.1 Å². The number of anilines is 1. The van der Waals surface area contributed by atoms with E-state index in [9.17, 15) is 24.5 Å². The first-order valence-electron chi connectivity index (χ1n) is 7.88. The number of aliphatic hydroxyl groups excluding tert-OH is 2. The Labute approximate surface area is 152 Å². The van der Waals surface area contributed by atoms with Crippen LogP contribution in [-0.4, -0.2) is 65.5 Å². The minimum Gasteiger partial charge on any atom is -0.387 e. The molecule has 27 heavy (non-hydrogen) atoms. The number of imidazole rings is 1. The highest BCUT2D eigenvalue weighted by molar-refractivity contribution is 7.48. The molecular weight excluding hydrogens is 385 g/mol. The van der Waals surface area contributed by atoms with Crippen LogP contribution in [0.1, 0.15) is 19.6 Å². The van der Waals surface area contributed by atoms with Crippen LogP contribution in [0, 0.1) is 0 Å². The maximum Gasteiger partial charge on any atom is 0.529 e. The zero-order chi connectivity index (χ0) is 19.8. The summed E-state index contributed by atoms with van der Waals surface area (Å²) in [6.45, 7) is 0.835. The summed E-state index contributed by atoms with van der Waals surface area (Å²) in [4.78, 5) is 32.5. The second kappa shape index (κ2) is 7.46. The fourth-order valence-corrected chi connectivity index (χ4v) is 3.31. The molecule has 1 fully saturated rings. The van der Waals surface area contributed by atoms with Crippen LogP contribution in [0.3, 0.4) is 0 Å². The van der Waals surface area contributed by atoms with Crippen molar-refractivity contribution in [1.29, 1.82) is 0 Å². The van der Waals surface area contributed by atoms with Gasteiger partial charge in [-0.15, -0.1) is 0 Å². The van der Waals surface area contributed by atoms with Gasteiger partial charge in [0.2, 0.25) is 0 Å². The monoisotopic (exact) mass is 403 g/mol. The number of rotatable bonds is 6. The lowest BCUT2D eigenvalue weighted by molar-refractivity contribution is -0.136. The number of nitrogens with zero attached hydrogens (tertiary/aromatic N) is 4. The average molecular weight is 403 g/mol. The van der Waals surface area contributed by atoms with E-state index in [1.807, 2.05) is 0 Å². The Hall–Kier alpha value is -2.15. The summed E-state index contributed by atoms with van der Waals surface area (Å²) in [5, 5.41) is 20.4. The molecule has 5 atom stereocenters. The topological polar surface area (TPSA) is 192 Å². The number of carbonyl (C=O) groups excluding carboxylic acids is 1. The number of nitrogen functional groups attached to an aromatic ring is 1. The Bertz CT molecular complexity index is 891. The van der Waals surface area contributed by atoms with E-state index in [0.717, 1.165) is 0 Å². The van der Waals surface area contributed by atoms with E-state index < -0.39 is 44.9 Å². The standard InChI is InChI=1S/C13H18N5O8P/c1-2-7(19)26-27(22,23)24-3-6-9(20)10(21)13(25-6)18-5-17-8-11(14)15-4-16-12(8)18/h4-6,9-10,13,20-21H,2-3H2,1H3,(H,22,23)(H2,14,15,16). The molecule has 13 nitrogen and oxygen atoms in total. The van der Waals surface area contributed by atoms with Gasteiger partial charge >= 0.3 is 13.8 Å². The predicted octanol–water partition coefficient (Wildman–Crippen LogP) is -0.902. The third kappa shape index (κ3) is 3.93. The van der Waals surface area contributed by atoms with Gasteiger partial charge in [-0.2, -0.15) is 0 Å². The normalized spacial score (nSPS) is 27.6. The van der Waals surface area contributed by atoms with E-state index in [-0.39, 0.29) is 23.4 Å². The maximum atomic E-state index is 11.7. The first kappa shape index (κ1) is 19.6. The van der Waals surface area contributed by atoms with Gasteiger partial charge in [0.05, 0.1) is 12.9 Å². The van der Waals surface area contributed by atoms with Gasteiger partial charge in [0.15, 0.2) is 17.7 Å². The fraction of sp³-hybridized carbons (Fsp3) is 0.538. The van der Waals surface area contributed by atoms with Crippen molar-refractivity contribution in [3.63, 3.8) is 0 Å². The zero-order valence-corrected chi connectivity index (χ0v) is 15.0. The second-order valence-corrected chi connectivity index (χ2v) is 7.09. The molecule has 0 aromatic carbocycles. The summed E-state index contributed by atoms with van der Waals surface area (Å²) in [6, 6.07) is 0. The van der Waals surface area contributed by atoms with Gasteiger partial charge in [-0.05, 0) is 0 Å². The number of hydrogen-bond acceptors (Lipinski definition) is 11. The van der Waals surface area contributed by atoms with E-state index in [1.54, 1.807) is 0 Å². The number of nitrogens with two attached hydrogens (primary N) is 1. The molecule has 2 aromatic rings. The van der Waals surface area contributed by atoms with E-state index in [2.05, 4.69) is 24.0 Å². The Morgan fingerprint density at radius 1 is 1.37 bits per heavy atom. The molecule has 14 heteroatoms. The summed E-state index contributed by atoms with van der Waals surface area (Å²) < 4.78 is 27.5. The number of ether oxygens (including phenoxy) is 1. The molecule has 1 aliphatic heterocycles. The quantitative estimate of drug-likeness (QED) is 0.435. The van der Waals surface area contributed by atoms with E-state index >= 15 is 0 Å². The molecule has 1 aliphatic rings. The molecule has 5 unspecified atom stereocenters. The zero-order valence-electron chi connectivity index (χ0n) is 14.1. The van der Waals surface area contributed by atoms with Gasteiger partial charge < -0.3 is 25.2 Å². The second-order valence-electron chi connectivity index (χ2n) is 5.71. The lowest BCUT2D eigenvalue weighted by Gasteiger charge is -2.17. The molecule has 0 aliphatic carbocycles. The van der Waals surface area contributed by atoms with Crippen LogP contribution in [0.4, 0.5) is 5.82 Å². The van der Waals surface area contributed by atoms with Gasteiger partial charge in [-0.1, -0.05) is 6.92 Å². The minimum absolute atomic E-state index is 0.115. The van der Waals surface area contributed by atoms with Crippen LogP contribution in [0.2, 0.25) is 0 Å². The van der Waals surface area contributed by atoms with Crippen molar-refractivity contribution in [1.82, 2.24) is 19.5 Å². The van der Waals surface area contributed by atoms with Gasteiger partial charge in [0.25, 0.3) is 0 Å². The van der Waals surface area contributed by atoms with Crippen molar-refractivity contribution in [2.75, 3.05) is 12.3 Å². The predicted molar refractivity (Wildman–Crippen MR) is 87.8 cm³/mol. The van der Waals surface area contributed by atoms with Gasteiger partial charge in [0, 0.05) is 6.42 Å². The third-order valence-electron chi connectivity index (χ3n) is 3.91. The Morgan fingerprint density at radius 3 is 2.81 bits per heavy atom. The SMILES string of the molecule is CCC(=O)OP(=O)(O)OCC1OC(n2cnc3c(N)ncnc32)C(O)C1O. The highest BCUT2D eigenvalue weighted by Crippen LogP contribution is 2.44. The molecule has 1 saturated heterocycles. The third-order valence-corrected chi connectivity index (χ3v) is 4.82. The smallest absolute Gasteiger partial charge is 0.387 e. The van der Waals surface area contributed by atoms with Crippen molar-refractivity contribution >= 4 is 30.8 Å². The highest BCUT2D eigenvalue weighted by atomic mass is 31.2. The minimum atomic E-state index is -4.67. The molecule has 3 rings (SSSR count). The Morgan fingerprint density at radius 2 is 2.11 bits per heavy atom. The van der Waals surface area contributed by atoms with Crippen LogP contribution in [0.15, 0.2) is 12.7 Å². The molecule has 0 amide bonds. The Kier molecular flexibility index (Phi) is 5.42. The van der Waals surface area contributed by atoms with Crippen molar-refractivity contribution in [2.24, 2.45) is 0 Å². The van der Waals surface area contributed by atoms with Crippen LogP contribution >= 0.6 is 7.82 Å². The Balaban J connectivity index is 1.73. The number of aliphatic hydroxyl groups is 2. The molecule has 3 heterocycles. The van der Waals surface area contributed by atoms with Crippen LogP contribution < -0.4 is 5.73 Å². The number of hydrogen-bond donors (Lipinski definition) is 4. The molecule has 0 saturated carbocycles. The van der Waals surface area contributed by atoms with Crippen LogP contribution in [0.25, 0.3) is 11.2 Å². The molecule has 0 spiro atoms. The summed E-state index contributed by atoms with van der Waals surface area (Å²) in [7, 11) is -4.67. The van der Waals surface area contributed by atoms with Crippen molar-refractivity contribution < 1.29 is 38.3 Å². The fourth-order valence-electron chi connectivity index (χ4n) is 2.54. The van der Waals surface area contributed by atoms with Crippen molar-refractivity contribution in [2.45, 2.75) is 37.9 Å².